The summed E-state index contributed by atoms with van der Waals surface area (Å²) in [5, 5.41) is 12.1. The molecular formula is C17H25NO2. The van der Waals surface area contributed by atoms with E-state index in [4.69, 9.17) is 0 Å². The number of aliphatic hydroxyl groups is 1. The minimum absolute atomic E-state index is 0.0434. The number of rotatable bonds is 4. The van der Waals surface area contributed by atoms with Gasteiger partial charge in [-0.1, -0.05) is 45.0 Å². The minimum Gasteiger partial charge on any atom is -0.392 e. The lowest BCUT2D eigenvalue weighted by molar-refractivity contribution is -0.124. The number of benzene rings is 1. The molecule has 0 heterocycles. The lowest BCUT2D eigenvalue weighted by Crippen LogP contribution is -2.38. The molecule has 1 aromatic carbocycles. The molecule has 1 aromatic rings. The third-order valence-corrected chi connectivity index (χ3v) is 4.05. The Labute approximate surface area is 121 Å². The highest BCUT2D eigenvalue weighted by Crippen LogP contribution is 2.48. The highest BCUT2D eigenvalue weighted by Gasteiger charge is 2.51. The van der Waals surface area contributed by atoms with E-state index in [1.807, 2.05) is 0 Å². The highest BCUT2D eigenvalue weighted by atomic mass is 16.3. The topological polar surface area (TPSA) is 49.3 Å². The quantitative estimate of drug-likeness (QED) is 0.887. The second-order valence-electron chi connectivity index (χ2n) is 6.97. The summed E-state index contributed by atoms with van der Waals surface area (Å²) in [6, 6.07) is 8.40. The third-order valence-electron chi connectivity index (χ3n) is 4.05. The lowest BCUT2D eigenvalue weighted by atomic mass is 9.85. The maximum absolute atomic E-state index is 12.3. The Morgan fingerprint density at radius 1 is 1.30 bits per heavy atom. The van der Waals surface area contributed by atoms with Gasteiger partial charge in [0.2, 0.25) is 5.91 Å². The van der Waals surface area contributed by atoms with Gasteiger partial charge in [-0.3, -0.25) is 4.79 Å². The summed E-state index contributed by atoms with van der Waals surface area (Å²) in [6.07, 6.45) is 1.29. The largest absolute Gasteiger partial charge is 0.392 e. The van der Waals surface area contributed by atoms with Crippen molar-refractivity contribution in [3.63, 3.8) is 0 Å². The van der Waals surface area contributed by atoms with Gasteiger partial charge in [-0.15, -0.1) is 0 Å². The molecule has 0 spiro atoms. The molecule has 2 rings (SSSR count). The van der Waals surface area contributed by atoms with Gasteiger partial charge < -0.3 is 10.4 Å². The molecule has 3 heteroatoms. The van der Waals surface area contributed by atoms with Crippen LogP contribution in [0.5, 0.6) is 0 Å². The van der Waals surface area contributed by atoms with Crippen LogP contribution in [-0.2, 0) is 15.6 Å². The maximum atomic E-state index is 12.3. The zero-order valence-electron chi connectivity index (χ0n) is 12.9. The number of carbonyl (C=O) groups excluding carboxylic acids is 1. The van der Waals surface area contributed by atoms with E-state index in [9.17, 15) is 9.90 Å². The van der Waals surface area contributed by atoms with E-state index < -0.39 is 6.10 Å². The first-order chi connectivity index (χ1) is 9.25. The predicted molar refractivity (Wildman–Crippen MR) is 80.7 cm³/mol. The Balaban J connectivity index is 2.13. The summed E-state index contributed by atoms with van der Waals surface area (Å²) in [7, 11) is 0. The Morgan fingerprint density at radius 2 is 1.85 bits per heavy atom. The van der Waals surface area contributed by atoms with Crippen molar-refractivity contribution in [1.82, 2.24) is 5.32 Å². The number of amides is 1. The van der Waals surface area contributed by atoms with Crippen LogP contribution in [0.4, 0.5) is 0 Å². The van der Waals surface area contributed by atoms with E-state index in [0.29, 0.717) is 6.54 Å². The molecular weight excluding hydrogens is 250 g/mol. The Bertz CT molecular complexity index is 479. The van der Waals surface area contributed by atoms with Gasteiger partial charge in [0, 0.05) is 6.54 Å². The molecule has 2 N–H and O–H groups in total. The zero-order chi connectivity index (χ0) is 15.0. The number of carbonyl (C=O) groups is 1. The Kier molecular flexibility index (Phi) is 3.92. The van der Waals surface area contributed by atoms with Gasteiger partial charge in [-0.2, -0.15) is 0 Å². The van der Waals surface area contributed by atoms with Crippen LogP contribution in [0.1, 0.15) is 51.7 Å². The summed E-state index contributed by atoms with van der Waals surface area (Å²) < 4.78 is 0. The molecule has 1 fully saturated rings. The second kappa shape index (κ2) is 5.21. The van der Waals surface area contributed by atoms with Crippen LogP contribution in [0.15, 0.2) is 24.3 Å². The molecule has 1 atom stereocenters. The zero-order valence-corrected chi connectivity index (χ0v) is 12.9. The summed E-state index contributed by atoms with van der Waals surface area (Å²) in [5.74, 6) is 0.0434. The molecule has 110 valence electrons. The molecule has 0 aromatic heterocycles. The summed E-state index contributed by atoms with van der Waals surface area (Å²) in [6.45, 7) is 8.55. The van der Waals surface area contributed by atoms with Crippen molar-refractivity contribution in [2.24, 2.45) is 0 Å². The molecule has 0 bridgehead atoms. The van der Waals surface area contributed by atoms with Crippen molar-refractivity contribution in [3.05, 3.63) is 35.4 Å². The monoisotopic (exact) mass is 275 g/mol. The minimum atomic E-state index is -0.502. The first kappa shape index (κ1) is 15.0. The van der Waals surface area contributed by atoms with Crippen molar-refractivity contribution in [3.8, 4) is 0 Å². The lowest BCUT2D eigenvalue weighted by Gasteiger charge is -2.21. The van der Waals surface area contributed by atoms with Gasteiger partial charge >= 0.3 is 0 Å². The number of nitrogens with one attached hydrogen (secondary N) is 1. The van der Waals surface area contributed by atoms with E-state index in [1.54, 1.807) is 6.92 Å². The van der Waals surface area contributed by atoms with Crippen molar-refractivity contribution >= 4 is 5.91 Å². The van der Waals surface area contributed by atoms with E-state index in [0.717, 1.165) is 18.4 Å². The molecule has 1 unspecified atom stereocenters. The third kappa shape index (κ3) is 3.04. The number of aliphatic hydroxyl groups excluding tert-OH is 1. The fourth-order valence-electron chi connectivity index (χ4n) is 2.47. The molecule has 0 aliphatic heterocycles. The molecule has 0 radical (unpaired) electrons. The second-order valence-corrected chi connectivity index (χ2v) is 6.97. The average Bonchev–Trinajstić information content (AvgIpc) is 3.16. The van der Waals surface area contributed by atoms with Gasteiger partial charge in [0.05, 0.1) is 11.5 Å². The molecule has 1 aliphatic carbocycles. The normalized spacial score (nSPS) is 18.4. The first-order valence-electron chi connectivity index (χ1n) is 7.33. The van der Waals surface area contributed by atoms with Crippen LogP contribution in [0.3, 0.4) is 0 Å². The van der Waals surface area contributed by atoms with E-state index in [1.165, 1.54) is 5.56 Å². The first-order valence-corrected chi connectivity index (χ1v) is 7.33. The number of hydrogen-bond acceptors (Lipinski definition) is 2. The Morgan fingerprint density at radius 3 is 2.25 bits per heavy atom. The van der Waals surface area contributed by atoms with Crippen molar-refractivity contribution in [2.75, 3.05) is 6.54 Å². The smallest absolute Gasteiger partial charge is 0.230 e. The van der Waals surface area contributed by atoms with Crippen molar-refractivity contribution in [2.45, 2.75) is 57.5 Å². The molecule has 1 aliphatic rings. The summed E-state index contributed by atoms with van der Waals surface area (Å²) >= 11 is 0. The number of hydrogen-bond donors (Lipinski definition) is 2. The van der Waals surface area contributed by atoms with Crippen LogP contribution in [0.25, 0.3) is 0 Å². The van der Waals surface area contributed by atoms with Gasteiger partial charge in [-0.05, 0) is 36.3 Å². The predicted octanol–water partition coefficient (Wildman–Crippen LogP) is 2.51. The molecule has 3 nitrogen and oxygen atoms in total. The summed E-state index contributed by atoms with van der Waals surface area (Å²) in [4.78, 5) is 12.3. The van der Waals surface area contributed by atoms with Gasteiger partial charge in [-0.25, -0.2) is 0 Å². The standard InChI is InChI=1S/C17H25NO2/c1-12(19)11-18-15(20)17(9-10-17)14-7-5-13(6-8-14)16(2,3)4/h5-8,12,19H,9-11H2,1-4H3,(H,18,20). The van der Waals surface area contributed by atoms with E-state index in [-0.39, 0.29) is 16.7 Å². The van der Waals surface area contributed by atoms with Gasteiger partial charge in [0.25, 0.3) is 0 Å². The van der Waals surface area contributed by atoms with Gasteiger partial charge in [0.15, 0.2) is 0 Å². The molecule has 1 saturated carbocycles. The van der Waals surface area contributed by atoms with Crippen molar-refractivity contribution < 1.29 is 9.90 Å². The van der Waals surface area contributed by atoms with Crippen LogP contribution < -0.4 is 5.32 Å². The molecule has 1 amide bonds. The SMILES string of the molecule is CC(O)CNC(=O)C1(c2ccc(C(C)(C)C)cc2)CC1. The fourth-order valence-corrected chi connectivity index (χ4v) is 2.47. The van der Waals surface area contributed by atoms with E-state index in [2.05, 4.69) is 50.4 Å². The molecule has 20 heavy (non-hydrogen) atoms. The maximum Gasteiger partial charge on any atom is 0.230 e. The van der Waals surface area contributed by atoms with Crippen LogP contribution >= 0.6 is 0 Å². The molecule has 0 saturated heterocycles. The average molecular weight is 275 g/mol. The van der Waals surface area contributed by atoms with Crippen LogP contribution in [-0.4, -0.2) is 23.7 Å². The highest BCUT2D eigenvalue weighted by molar-refractivity contribution is 5.91. The fraction of sp³-hybridized carbons (Fsp3) is 0.588. The van der Waals surface area contributed by atoms with Crippen molar-refractivity contribution in [1.29, 1.82) is 0 Å². The van der Waals surface area contributed by atoms with Gasteiger partial charge in [0.1, 0.15) is 0 Å². The van der Waals surface area contributed by atoms with Crippen LogP contribution in [0, 0.1) is 0 Å². The van der Waals surface area contributed by atoms with E-state index >= 15 is 0 Å². The summed E-state index contributed by atoms with van der Waals surface area (Å²) in [5.41, 5.74) is 2.14. The Hall–Kier alpha value is -1.35. The van der Waals surface area contributed by atoms with Crippen LogP contribution in [0.2, 0.25) is 0 Å².